The maximum Gasteiger partial charge on any atom is 0.240 e. The van der Waals surface area contributed by atoms with E-state index in [1.165, 1.54) is 0 Å². The largest absolute Gasteiger partial charge is 0.433 e. The van der Waals surface area contributed by atoms with E-state index in [2.05, 4.69) is 49.9 Å². The molecule has 3 fully saturated rings. The standard InChI is InChI=1S/C46H48FN7O5S/c1-26-32(33-7-5-9-37(27(33)2)50-43-41-29(12-17-48-43)20-28(22-49-41)23-53-18-14-31(55)25-53)6-4-8-34(26)45-51-38-21-36-35(40(47)42(38)59-45)10-11-39(36)54-19-13-30(24-54)44(56)52-60(57,58)46(3)15-16-46/h4-9,12,17,20-22,30-31,39,55H,10-11,13-16,18-19,23-25H2,1-3H3,(H,48,50)(H,52,56)/t30-,31-,39-/m1/s1. The molecule has 2 aliphatic heterocycles. The zero-order valence-electron chi connectivity index (χ0n) is 34.0. The summed E-state index contributed by atoms with van der Waals surface area (Å²) in [6, 6.07) is 18.0. The lowest BCUT2D eigenvalue weighted by Gasteiger charge is -2.25. The molecular formula is C46H48FN7O5S. The number of sulfonamides is 1. The van der Waals surface area contributed by atoms with Crippen molar-refractivity contribution >= 4 is 49.4 Å². The normalized spacial score (nSPS) is 21.5. The second-order valence-electron chi connectivity index (χ2n) is 17.4. The van der Waals surface area contributed by atoms with E-state index in [0.29, 0.717) is 74.5 Å². The van der Waals surface area contributed by atoms with Gasteiger partial charge < -0.3 is 14.8 Å². The van der Waals surface area contributed by atoms with Gasteiger partial charge in [-0.1, -0.05) is 24.3 Å². The average molecular weight is 830 g/mol. The van der Waals surface area contributed by atoms with Crippen LogP contribution < -0.4 is 10.0 Å². The minimum atomic E-state index is -3.71. The van der Waals surface area contributed by atoms with Gasteiger partial charge in [-0.05, 0) is 135 Å². The molecule has 3 atom stereocenters. The third-order valence-corrected chi connectivity index (χ3v) is 15.6. The van der Waals surface area contributed by atoms with E-state index in [0.717, 1.165) is 75.0 Å². The van der Waals surface area contributed by atoms with Crippen LogP contribution in [-0.2, 0) is 27.8 Å². The Morgan fingerprint density at radius 2 is 1.77 bits per heavy atom. The first kappa shape index (κ1) is 38.9. The number of nitrogens with one attached hydrogen (secondary N) is 2. The van der Waals surface area contributed by atoms with Gasteiger partial charge in [0.25, 0.3) is 0 Å². The van der Waals surface area contributed by atoms with Gasteiger partial charge >= 0.3 is 0 Å². The Hall–Kier alpha value is -5.28. The number of pyridine rings is 2. The van der Waals surface area contributed by atoms with Crippen LogP contribution in [0.1, 0.15) is 72.9 Å². The minimum absolute atomic E-state index is 0.101. The van der Waals surface area contributed by atoms with Crippen molar-refractivity contribution in [3.05, 3.63) is 101 Å². The van der Waals surface area contributed by atoms with Gasteiger partial charge in [-0.15, -0.1) is 0 Å². The highest BCUT2D eigenvalue weighted by Gasteiger charge is 2.51. The van der Waals surface area contributed by atoms with Crippen molar-refractivity contribution in [2.45, 2.75) is 82.7 Å². The van der Waals surface area contributed by atoms with E-state index < -0.39 is 32.4 Å². The van der Waals surface area contributed by atoms with Crippen LogP contribution in [0, 0.1) is 25.6 Å². The third kappa shape index (κ3) is 6.83. The summed E-state index contributed by atoms with van der Waals surface area (Å²) in [7, 11) is -3.71. The number of fused-ring (bicyclic) bond motifs is 3. The molecule has 60 heavy (non-hydrogen) atoms. The zero-order chi connectivity index (χ0) is 41.5. The molecule has 6 aromatic rings. The molecule has 3 N–H and O–H groups in total. The maximum atomic E-state index is 16.3. The van der Waals surface area contributed by atoms with Gasteiger partial charge in [-0.2, -0.15) is 0 Å². The maximum absolute atomic E-state index is 16.3. The van der Waals surface area contributed by atoms with E-state index in [-0.39, 0.29) is 17.7 Å². The van der Waals surface area contributed by atoms with E-state index >= 15 is 4.39 Å². The summed E-state index contributed by atoms with van der Waals surface area (Å²) in [5.74, 6) is -0.301. The first-order valence-electron chi connectivity index (χ1n) is 20.9. The topological polar surface area (TPSA) is 154 Å². The molecule has 1 amide bonds. The number of likely N-dealkylation sites (tertiary alicyclic amines) is 2. The molecule has 1 saturated carbocycles. The summed E-state index contributed by atoms with van der Waals surface area (Å²) in [5.41, 5.74) is 9.53. The SMILES string of the molecule is Cc1c(Nc2nccc3cc(CN4CC[C@@H](O)C4)cnc23)cccc1-c1cccc(-c2nc3cc4c(c(F)c3o2)CC[C@H]4N2CC[C@@H](C(=O)NS(=O)(=O)C3(C)CC3)C2)c1C. The number of nitrogens with zero attached hydrogens (tertiary/aromatic N) is 5. The summed E-state index contributed by atoms with van der Waals surface area (Å²) in [6.45, 7) is 9.09. The van der Waals surface area contributed by atoms with Crippen LogP contribution in [0.2, 0.25) is 0 Å². The van der Waals surface area contributed by atoms with Gasteiger partial charge in [-0.3, -0.25) is 24.3 Å². The molecule has 4 aliphatic rings. The molecule has 5 heterocycles. The van der Waals surface area contributed by atoms with Crippen molar-refractivity contribution in [2.75, 3.05) is 31.5 Å². The van der Waals surface area contributed by atoms with Crippen molar-refractivity contribution < 1.29 is 27.1 Å². The predicted molar refractivity (Wildman–Crippen MR) is 228 cm³/mol. The van der Waals surface area contributed by atoms with Crippen LogP contribution in [0.15, 0.2) is 71.4 Å². The number of aromatic nitrogens is 3. The summed E-state index contributed by atoms with van der Waals surface area (Å²) < 4.78 is 49.5. The highest BCUT2D eigenvalue weighted by molar-refractivity contribution is 7.91. The van der Waals surface area contributed by atoms with Gasteiger partial charge in [0.05, 0.1) is 16.8 Å². The third-order valence-electron chi connectivity index (χ3n) is 13.4. The number of rotatable bonds is 10. The lowest BCUT2D eigenvalue weighted by molar-refractivity contribution is -0.122. The number of benzene rings is 3. The fourth-order valence-electron chi connectivity index (χ4n) is 9.48. The Morgan fingerprint density at radius 3 is 2.55 bits per heavy atom. The number of carbonyl (C=O) groups excluding carboxylic acids is 1. The van der Waals surface area contributed by atoms with Crippen molar-refractivity contribution in [2.24, 2.45) is 5.92 Å². The Kier molecular flexibility index (Phi) is 9.54. The molecule has 3 aromatic heterocycles. The molecule has 0 spiro atoms. The molecule has 0 bridgehead atoms. The Bertz CT molecular complexity index is 2820. The minimum Gasteiger partial charge on any atom is -0.433 e. The number of anilines is 2. The van der Waals surface area contributed by atoms with Crippen LogP contribution in [0.5, 0.6) is 0 Å². The van der Waals surface area contributed by atoms with Crippen molar-refractivity contribution in [3.63, 3.8) is 0 Å². The first-order valence-corrected chi connectivity index (χ1v) is 22.4. The van der Waals surface area contributed by atoms with E-state index in [1.807, 2.05) is 49.5 Å². The Labute approximate surface area is 348 Å². The number of β-amino-alcohol motifs (C(OH)–C–C–N with tert-alkyl or cyclic N) is 1. The highest BCUT2D eigenvalue weighted by Crippen LogP contribution is 2.45. The van der Waals surface area contributed by atoms with Gasteiger partial charge in [0, 0.05) is 61.3 Å². The number of aliphatic hydroxyl groups excluding tert-OH is 1. The van der Waals surface area contributed by atoms with Crippen LogP contribution in [0.3, 0.4) is 0 Å². The number of amides is 1. The smallest absolute Gasteiger partial charge is 0.240 e. The summed E-state index contributed by atoms with van der Waals surface area (Å²) >= 11 is 0. The van der Waals surface area contributed by atoms with E-state index in [9.17, 15) is 18.3 Å². The summed E-state index contributed by atoms with van der Waals surface area (Å²) in [6.07, 6.45) is 7.10. The summed E-state index contributed by atoms with van der Waals surface area (Å²) in [4.78, 5) is 31.8. The van der Waals surface area contributed by atoms with Crippen molar-refractivity contribution in [1.82, 2.24) is 29.5 Å². The molecule has 310 valence electrons. The van der Waals surface area contributed by atoms with Crippen molar-refractivity contribution in [3.8, 4) is 22.6 Å². The molecule has 10 rings (SSSR count). The van der Waals surface area contributed by atoms with Crippen LogP contribution >= 0.6 is 0 Å². The Morgan fingerprint density at radius 1 is 0.983 bits per heavy atom. The average Bonchev–Trinajstić information content (AvgIpc) is 3.69. The molecule has 2 saturated heterocycles. The van der Waals surface area contributed by atoms with Gasteiger partial charge in [-0.25, -0.2) is 22.8 Å². The lowest BCUT2D eigenvalue weighted by Crippen LogP contribution is -2.42. The van der Waals surface area contributed by atoms with Crippen LogP contribution in [0.4, 0.5) is 15.9 Å². The highest BCUT2D eigenvalue weighted by atomic mass is 32.2. The lowest BCUT2D eigenvalue weighted by atomic mass is 9.93. The van der Waals surface area contributed by atoms with Crippen LogP contribution in [0.25, 0.3) is 44.6 Å². The quantitative estimate of drug-likeness (QED) is 0.126. The van der Waals surface area contributed by atoms with E-state index in [1.54, 1.807) is 13.1 Å². The van der Waals surface area contributed by atoms with Crippen molar-refractivity contribution in [1.29, 1.82) is 0 Å². The van der Waals surface area contributed by atoms with Gasteiger partial charge in [0.2, 0.25) is 21.8 Å². The van der Waals surface area contributed by atoms with E-state index in [4.69, 9.17) is 14.4 Å². The number of aliphatic hydroxyl groups is 1. The molecule has 2 aliphatic carbocycles. The monoisotopic (exact) mass is 829 g/mol. The Balaban J connectivity index is 0.890. The predicted octanol–water partition coefficient (Wildman–Crippen LogP) is 7.48. The number of halogens is 1. The van der Waals surface area contributed by atoms with Crippen LogP contribution in [-0.4, -0.2) is 81.2 Å². The number of carbonyl (C=O) groups is 1. The molecule has 0 radical (unpaired) electrons. The number of hydrogen-bond donors (Lipinski definition) is 3. The molecule has 14 heteroatoms. The van der Waals surface area contributed by atoms with Gasteiger partial charge in [0.15, 0.2) is 17.2 Å². The molecular weight excluding hydrogens is 782 g/mol. The summed E-state index contributed by atoms with van der Waals surface area (Å²) in [5, 5.41) is 14.5. The fourth-order valence-corrected chi connectivity index (χ4v) is 10.8. The second kappa shape index (κ2) is 14.7. The molecule has 0 unspecified atom stereocenters. The molecule has 3 aromatic carbocycles. The fraction of sp³-hybridized carbons (Fsp3) is 0.391. The number of oxazole rings is 1. The second-order valence-corrected chi connectivity index (χ2v) is 19.6. The first-order chi connectivity index (χ1) is 28.9. The molecule has 12 nitrogen and oxygen atoms in total. The van der Waals surface area contributed by atoms with Gasteiger partial charge in [0.1, 0.15) is 11.0 Å². The zero-order valence-corrected chi connectivity index (χ0v) is 34.8. The number of hydrogen-bond acceptors (Lipinski definition) is 11.